The molecule has 0 aliphatic rings. The van der Waals surface area contributed by atoms with Crippen LogP contribution in [0.3, 0.4) is 0 Å². The van der Waals surface area contributed by atoms with Crippen molar-refractivity contribution in [2.75, 3.05) is 6.54 Å². The second kappa shape index (κ2) is 7.56. The van der Waals surface area contributed by atoms with Gasteiger partial charge in [-0.15, -0.1) is 10.2 Å². The number of aliphatic hydroxyl groups is 1. The van der Waals surface area contributed by atoms with Crippen LogP contribution in [0.2, 0.25) is 0 Å². The van der Waals surface area contributed by atoms with Crippen molar-refractivity contribution in [1.82, 2.24) is 25.4 Å². The van der Waals surface area contributed by atoms with Gasteiger partial charge in [-0.2, -0.15) is 0 Å². The highest BCUT2D eigenvalue weighted by molar-refractivity contribution is 5.73. The Morgan fingerprint density at radius 1 is 1.36 bits per heavy atom. The number of nitrogens with one attached hydrogen (secondary N) is 2. The molecule has 0 saturated carbocycles. The lowest BCUT2D eigenvalue weighted by atomic mass is 10.0. The molecule has 0 aliphatic carbocycles. The SMILES string of the molecule is CCn1cnnc1CNC(=O)NCC(O)c1ccccc1C. The second-order valence-electron chi connectivity index (χ2n) is 4.97. The Morgan fingerprint density at radius 3 is 2.86 bits per heavy atom. The van der Waals surface area contributed by atoms with Gasteiger partial charge in [0.15, 0.2) is 5.82 Å². The maximum Gasteiger partial charge on any atom is 0.315 e. The first-order chi connectivity index (χ1) is 10.6. The second-order valence-corrected chi connectivity index (χ2v) is 4.97. The fourth-order valence-electron chi connectivity index (χ4n) is 2.16. The molecule has 0 saturated heterocycles. The third-order valence-electron chi connectivity index (χ3n) is 3.45. The van der Waals surface area contributed by atoms with E-state index in [-0.39, 0.29) is 12.6 Å². The molecular weight excluding hydrogens is 282 g/mol. The van der Waals surface area contributed by atoms with Crippen molar-refractivity contribution in [1.29, 1.82) is 0 Å². The van der Waals surface area contributed by atoms with Gasteiger partial charge < -0.3 is 20.3 Å². The number of hydrogen-bond donors (Lipinski definition) is 3. The van der Waals surface area contributed by atoms with E-state index in [9.17, 15) is 9.90 Å². The van der Waals surface area contributed by atoms with Gasteiger partial charge in [-0.1, -0.05) is 24.3 Å². The molecular formula is C15H21N5O2. The van der Waals surface area contributed by atoms with E-state index in [0.29, 0.717) is 12.4 Å². The van der Waals surface area contributed by atoms with Crippen LogP contribution in [0, 0.1) is 6.92 Å². The van der Waals surface area contributed by atoms with Crippen LogP contribution in [-0.4, -0.2) is 32.4 Å². The number of nitrogens with zero attached hydrogens (tertiary/aromatic N) is 3. The normalized spacial score (nSPS) is 12.0. The molecule has 0 bridgehead atoms. The summed E-state index contributed by atoms with van der Waals surface area (Å²) >= 11 is 0. The van der Waals surface area contributed by atoms with Crippen LogP contribution in [0.1, 0.15) is 30.0 Å². The zero-order chi connectivity index (χ0) is 15.9. The molecule has 3 N–H and O–H groups in total. The summed E-state index contributed by atoms with van der Waals surface area (Å²) in [5, 5.41) is 23.2. The number of benzene rings is 1. The molecule has 2 rings (SSSR count). The molecule has 0 fully saturated rings. The van der Waals surface area contributed by atoms with Crippen LogP contribution < -0.4 is 10.6 Å². The maximum atomic E-state index is 11.8. The van der Waals surface area contributed by atoms with Gasteiger partial charge in [0.1, 0.15) is 6.33 Å². The van der Waals surface area contributed by atoms with Gasteiger partial charge in [-0.3, -0.25) is 0 Å². The lowest BCUT2D eigenvalue weighted by Gasteiger charge is -2.15. The van der Waals surface area contributed by atoms with Gasteiger partial charge in [0, 0.05) is 13.1 Å². The molecule has 0 radical (unpaired) electrons. The summed E-state index contributed by atoms with van der Waals surface area (Å²) in [6.45, 7) is 5.09. The van der Waals surface area contributed by atoms with Gasteiger partial charge >= 0.3 is 6.03 Å². The predicted octanol–water partition coefficient (Wildman–Crippen LogP) is 1.14. The van der Waals surface area contributed by atoms with Crippen LogP contribution in [0.4, 0.5) is 4.79 Å². The van der Waals surface area contributed by atoms with Crippen molar-refractivity contribution in [3.8, 4) is 0 Å². The first-order valence-corrected chi connectivity index (χ1v) is 7.23. The molecule has 1 unspecified atom stereocenters. The van der Waals surface area contributed by atoms with E-state index in [2.05, 4.69) is 20.8 Å². The lowest BCUT2D eigenvalue weighted by molar-refractivity contribution is 0.172. The zero-order valence-corrected chi connectivity index (χ0v) is 12.8. The van der Waals surface area contributed by atoms with Gasteiger partial charge in [0.2, 0.25) is 0 Å². The Morgan fingerprint density at radius 2 is 2.14 bits per heavy atom. The monoisotopic (exact) mass is 303 g/mol. The summed E-state index contributed by atoms with van der Waals surface area (Å²) in [4.78, 5) is 11.8. The van der Waals surface area contributed by atoms with E-state index < -0.39 is 6.10 Å². The number of amides is 2. The lowest BCUT2D eigenvalue weighted by Crippen LogP contribution is -2.38. The fraction of sp³-hybridized carbons (Fsp3) is 0.400. The molecule has 118 valence electrons. The molecule has 22 heavy (non-hydrogen) atoms. The quantitative estimate of drug-likeness (QED) is 0.746. The summed E-state index contributed by atoms with van der Waals surface area (Å²) in [6.07, 6.45) is 0.892. The summed E-state index contributed by atoms with van der Waals surface area (Å²) in [5.74, 6) is 0.692. The Kier molecular flexibility index (Phi) is 5.48. The molecule has 1 aromatic heterocycles. The molecule has 2 amide bonds. The largest absolute Gasteiger partial charge is 0.387 e. The minimum absolute atomic E-state index is 0.150. The zero-order valence-electron chi connectivity index (χ0n) is 12.8. The third kappa shape index (κ3) is 4.05. The van der Waals surface area contributed by atoms with Crippen LogP contribution in [-0.2, 0) is 13.1 Å². The number of aromatic nitrogens is 3. The minimum atomic E-state index is -0.730. The number of carbonyl (C=O) groups is 1. The third-order valence-corrected chi connectivity index (χ3v) is 3.45. The maximum absolute atomic E-state index is 11.8. The molecule has 7 heteroatoms. The first-order valence-electron chi connectivity index (χ1n) is 7.23. The number of urea groups is 1. The Hall–Kier alpha value is -2.41. The summed E-state index contributed by atoms with van der Waals surface area (Å²) in [5.41, 5.74) is 1.81. The number of hydrogen-bond acceptors (Lipinski definition) is 4. The average Bonchev–Trinajstić information content (AvgIpc) is 2.98. The van der Waals surface area contributed by atoms with Crippen LogP contribution >= 0.6 is 0 Å². The number of aryl methyl sites for hydroxylation is 2. The topological polar surface area (TPSA) is 92.1 Å². The van der Waals surface area contributed by atoms with Crippen molar-refractivity contribution >= 4 is 6.03 Å². The highest BCUT2D eigenvalue weighted by Gasteiger charge is 2.11. The molecule has 7 nitrogen and oxygen atoms in total. The van der Waals surface area contributed by atoms with E-state index in [4.69, 9.17) is 0 Å². The van der Waals surface area contributed by atoms with E-state index >= 15 is 0 Å². The van der Waals surface area contributed by atoms with Gasteiger partial charge in [-0.25, -0.2) is 4.79 Å². The van der Waals surface area contributed by atoms with Crippen molar-refractivity contribution in [2.24, 2.45) is 0 Å². The predicted molar refractivity (Wildman–Crippen MR) is 82.1 cm³/mol. The van der Waals surface area contributed by atoms with Gasteiger partial charge in [0.25, 0.3) is 0 Å². The fourth-order valence-corrected chi connectivity index (χ4v) is 2.16. The first kappa shape index (κ1) is 16.0. The summed E-state index contributed by atoms with van der Waals surface area (Å²) in [7, 11) is 0. The Bertz CT molecular complexity index is 626. The van der Waals surface area contributed by atoms with Crippen molar-refractivity contribution in [3.05, 3.63) is 47.5 Å². The van der Waals surface area contributed by atoms with Crippen LogP contribution in [0.5, 0.6) is 0 Å². The number of rotatable bonds is 6. The highest BCUT2D eigenvalue weighted by atomic mass is 16.3. The van der Waals surface area contributed by atoms with Crippen molar-refractivity contribution < 1.29 is 9.90 Å². The standard InChI is InChI=1S/C15H21N5O2/c1-3-20-10-18-19-14(20)9-17-15(22)16-8-13(21)12-7-5-4-6-11(12)2/h4-7,10,13,21H,3,8-9H2,1-2H3,(H2,16,17,22). The van der Waals surface area contributed by atoms with Gasteiger partial charge in [0.05, 0.1) is 12.6 Å². The van der Waals surface area contributed by atoms with Crippen molar-refractivity contribution in [3.63, 3.8) is 0 Å². The average molecular weight is 303 g/mol. The van der Waals surface area contributed by atoms with E-state index in [1.807, 2.05) is 42.7 Å². The minimum Gasteiger partial charge on any atom is -0.387 e. The molecule has 2 aromatic rings. The smallest absolute Gasteiger partial charge is 0.315 e. The van der Waals surface area contributed by atoms with E-state index in [1.165, 1.54) is 0 Å². The molecule has 1 atom stereocenters. The van der Waals surface area contributed by atoms with Gasteiger partial charge in [-0.05, 0) is 25.0 Å². The van der Waals surface area contributed by atoms with Crippen LogP contribution in [0.25, 0.3) is 0 Å². The van der Waals surface area contributed by atoms with Crippen molar-refractivity contribution in [2.45, 2.75) is 33.0 Å². The molecule has 1 heterocycles. The number of carbonyl (C=O) groups excluding carboxylic acids is 1. The Labute approximate surface area is 129 Å². The van der Waals surface area contributed by atoms with E-state index in [0.717, 1.165) is 17.7 Å². The highest BCUT2D eigenvalue weighted by Crippen LogP contribution is 2.16. The molecule has 0 spiro atoms. The molecule has 1 aromatic carbocycles. The van der Waals surface area contributed by atoms with Crippen LogP contribution in [0.15, 0.2) is 30.6 Å². The molecule has 0 aliphatic heterocycles. The summed E-state index contributed by atoms with van der Waals surface area (Å²) < 4.78 is 1.85. The number of aliphatic hydroxyl groups excluding tert-OH is 1. The van der Waals surface area contributed by atoms with E-state index in [1.54, 1.807) is 6.33 Å². The summed E-state index contributed by atoms with van der Waals surface area (Å²) in [6, 6.07) is 7.21. The Balaban J connectivity index is 1.79.